The number of carbonyl (C=O) groups is 3. The number of anilines is 1. The molecule has 34 heavy (non-hydrogen) atoms. The first-order valence-electron chi connectivity index (χ1n) is 10.8. The van der Waals surface area contributed by atoms with E-state index in [1.165, 1.54) is 4.90 Å². The highest BCUT2D eigenvalue weighted by atomic mass is 16.5. The van der Waals surface area contributed by atoms with E-state index in [9.17, 15) is 19.3 Å². The van der Waals surface area contributed by atoms with Gasteiger partial charge in [0.25, 0.3) is 5.91 Å². The fraction of sp³-hybridized carbons (Fsp3) is 0.348. The highest BCUT2D eigenvalue weighted by Crippen LogP contribution is 2.24. The minimum Gasteiger partial charge on any atom is -0.491 e. The van der Waals surface area contributed by atoms with E-state index in [-0.39, 0.29) is 25.6 Å². The fourth-order valence-electron chi connectivity index (χ4n) is 3.42. The first-order chi connectivity index (χ1) is 16.2. The number of urea groups is 2. The number of hydrogen-bond acceptors (Lipinski definition) is 7. The Morgan fingerprint density at radius 3 is 2.32 bits per heavy atom. The maximum Gasteiger partial charge on any atom is 0.345 e. The van der Waals surface area contributed by atoms with Gasteiger partial charge in [-0.2, -0.15) is 0 Å². The third kappa shape index (κ3) is 5.87. The maximum atomic E-state index is 13.3. The number of hydrazine groups is 1. The van der Waals surface area contributed by atoms with Gasteiger partial charge in [-0.25, -0.2) is 25.3 Å². The van der Waals surface area contributed by atoms with Crippen LogP contribution >= 0.6 is 0 Å². The SMILES string of the molecule is Cc1ccc(CN2C(=O)N(CCC(=O)N=O)C(=O)N(N)C2Nc2ccc(OC(C)C)cc2)cc1. The quantitative estimate of drug-likeness (QED) is 0.327. The third-order valence-electron chi connectivity index (χ3n) is 5.13. The van der Waals surface area contributed by atoms with E-state index in [2.05, 4.69) is 10.5 Å². The minimum atomic E-state index is -1.01. The van der Waals surface area contributed by atoms with Crippen LogP contribution in [0.5, 0.6) is 5.75 Å². The van der Waals surface area contributed by atoms with Crippen molar-refractivity contribution in [1.82, 2.24) is 14.8 Å². The predicted octanol–water partition coefficient (Wildman–Crippen LogP) is 3.39. The summed E-state index contributed by atoms with van der Waals surface area (Å²) in [6, 6.07) is 13.2. The zero-order valence-electron chi connectivity index (χ0n) is 19.3. The molecule has 1 heterocycles. The molecule has 2 aromatic rings. The fourth-order valence-corrected chi connectivity index (χ4v) is 3.42. The highest BCUT2D eigenvalue weighted by Gasteiger charge is 2.43. The summed E-state index contributed by atoms with van der Waals surface area (Å²) < 4.78 is 5.65. The van der Waals surface area contributed by atoms with Crippen molar-refractivity contribution in [2.75, 3.05) is 11.9 Å². The molecule has 0 aromatic heterocycles. The van der Waals surface area contributed by atoms with Gasteiger partial charge >= 0.3 is 12.1 Å². The average molecular weight is 469 g/mol. The third-order valence-corrected chi connectivity index (χ3v) is 5.13. The normalized spacial score (nSPS) is 16.1. The van der Waals surface area contributed by atoms with E-state index < -0.39 is 24.3 Å². The molecular formula is C23H28N6O5. The Hall–Kier alpha value is -3.99. The number of nitrogens with zero attached hydrogens (tertiary/aromatic N) is 4. The number of aryl methyl sites for hydroxylation is 1. The molecule has 11 nitrogen and oxygen atoms in total. The van der Waals surface area contributed by atoms with Crippen LogP contribution in [0.25, 0.3) is 0 Å². The Kier molecular flexibility index (Phi) is 7.79. The molecule has 3 rings (SSSR count). The number of nitrogens with one attached hydrogen (secondary N) is 1. The largest absolute Gasteiger partial charge is 0.491 e. The standard InChI is InChI=1S/C23H28N6O5/c1-15(2)34-19-10-8-18(9-11-19)25-21-28(14-17-6-4-16(3)5-7-17)22(31)27(23(32)29(21)24)13-12-20(30)26-33/h4-11,15,21,25H,12-14,24H2,1-3H3. The molecule has 180 valence electrons. The summed E-state index contributed by atoms with van der Waals surface area (Å²) in [5.41, 5.74) is 2.49. The second-order valence-corrected chi connectivity index (χ2v) is 8.18. The summed E-state index contributed by atoms with van der Waals surface area (Å²) in [5, 5.41) is 6.31. The van der Waals surface area contributed by atoms with E-state index in [1.807, 2.05) is 45.0 Å². The van der Waals surface area contributed by atoms with Crippen LogP contribution in [-0.4, -0.2) is 51.7 Å². The van der Waals surface area contributed by atoms with Gasteiger partial charge in [-0.1, -0.05) is 29.8 Å². The number of imide groups is 1. The van der Waals surface area contributed by atoms with Crippen LogP contribution in [0.4, 0.5) is 15.3 Å². The van der Waals surface area contributed by atoms with Crippen LogP contribution in [0.2, 0.25) is 0 Å². The molecule has 0 radical (unpaired) electrons. The van der Waals surface area contributed by atoms with Crippen LogP contribution in [0.1, 0.15) is 31.4 Å². The lowest BCUT2D eigenvalue weighted by Gasteiger charge is -2.45. The molecule has 0 spiro atoms. The lowest BCUT2D eigenvalue weighted by molar-refractivity contribution is -0.118. The van der Waals surface area contributed by atoms with Gasteiger partial charge in [-0.15, -0.1) is 4.91 Å². The number of nitrogens with two attached hydrogens (primary N) is 1. The van der Waals surface area contributed by atoms with E-state index in [4.69, 9.17) is 10.6 Å². The van der Waals surface area contributed by atoms with Crippen molar-refractivity contribution in [3.8, 4) is 5.75 Å². The molecule has 0 aliphatic carbocycles. The van der Waals surface area contributed by atoms with E-state index in [0.29, 0.717) is 11.4 Å². The van der Waals surface area contributed by atoms with Crippen LogP contribution in [0.3, 0.4) is 0 Å². The van der Waals surface area contributed by atoms with Crippen LogP contribution in [0, 0.1) is 11.8 Å². The summed E-state index contributed by atoms with van der Waals surface area (Å²) >= 11 is 0. The Morgan fingerprint density at radius 1 is 1.09 bits per heavy atom. The van der Waals surface area contributed by atoms with E-state index >= 15 is 0 Å². The molecule has 1 aliphatic rings. The molecule has 1 aliphatic heterocycles. The maximum absolute atomic E-state index is 13.3. The second-order valence-electron chi connectivity index (χ2n) is 8.18. The monoisotopic (exact) mass is 468 g/mol. The van der Waals surface area contributed by atoms with Crippen molar-refractivity contribution in [1.29, 1.82) is 0 Å². The first kappa shape index (κ1) is 24.6. The number of rotatable bonds is 9. The Bertz CT molecular complexity index is 1040. The van der Waals surface area contributed by atoms with E-state index in [0.717, 1.165) is 21.0 Å². The molecule has 5 amide bonds. The average Bonchev–Trinajstić information content (AvgIpc) is 2.81. The minimum absolute atomic E-state index is 0.0178. The molecule has 3 N–H and O–H groups in total. The van der Waals surface area contributed by atoms with Gasteiger partial charge < -0.3 is 10.1 Å². The Balaban J connectivity index is 1.87. The smallest absolute Gasteiger partial charge is 0.345 e. The van der Waals surface area contributed by atoms with Gasteiger partial charge in [0.2, 0.25) is 6.29 Å². The highest BCUT2D eigenvalue weighted by molar-refractivity contribution is 5.96. The summed E-state index contributed by atoms with van der Waals surface area (Å²) in [5.74, 6) is 5.83. The summed E-state index contributed by atoms with van der Waals surface area (Å²) in [6.07, 6.45) is -1.37. The molecule has 11 heteroatoms. The lowest BCUT2D eigenvalue weighted by atomic mass is 10.1. The van der Waals surface area contributed by atoms with Crippen molar-refractivity contribution in [2.24, 2.45) is 11.0 Å². The van der Waals surface area contributed by atoms with Gasteiger partial charge in [-0.05, 0) is 50.6 Å². The van der Waals surface area contributed by atoms with Crippen molar-refractivity contribution >= 4 is 23.7 Å². The molecule has 1 fully saturated rings. The predicted molar refractivity (Wildman–Crippen MR) is 125 cm³/mol. The Morgan fingerprint density at radius 2 is 1.74 bits per heavy atom. The van der Waals surface area contributed by atoms with Crippen LogP contribution in [-0.2, 0) is 11.3 Å². The molecule has 0 saturated carbocycles. The van der Waals surface area contributed by atoms with Crippen LogP contribution < -0.4 is 15.9 Å². The molecule has 0 bridgehead atoms. The molecule has 2 aromatic carbocycles. The molecule has 1 atom stereocenters. The van der Waals surface area contributed by atoms with Crippen molar-refractivity contribution < 1.29 is 19.1 Å². The Labute approximate surface area is 197 Å². The molecule has 1 unspecified atom stereocenters. The van der Waals surface area contributed by atoms with Crippen LogP contribution in [0.15, 0.2) is 53.7 Å². The van der Waals surface area contributed by atoms with E-state index in [1.54, 1.807) is 24.3 Å². The number of nitroso groups, excluding NO2 is 1. The lowest BCUT2D eigenvalue weighted by Crippen LogP contribution is -2.70. The topological polar surface area (TPSA) is 138 Å². The van der Waals surface area contributed by atoms with Gasteiger partial charge in [0.05, 0.1) is 19.1 Å². The van der Waals surface area contributed by atoms with Gasteiger partial charge in [0, 0.05) is 17.4 Å². The molecular weight excluding hydrogens is 440 g/mol. The van der Waals surface area contributed by atoms with Crippen molar-refractivity contribution in [3.05, 3.63) is 64.6 Å². The van der Waals surface area contributed by atoms with Gasteiger partial charge in [-0.3, -0.25) is 9.69 Å². The van der Waals surface area contributed by atoms with Gasteiger partial charge in [0.1, 0.15) is 5.75 Å². The second kappa shape index (κ2) is 10.8. The summed E-state index contributed by atoms with van der Waals surface area (Å²) in [4.78, 5) is 50.1. The number of benzene rings is 2. The number of carbonyl (C=O) groups excluding carboxylic acids is 3. The zero-order chi connectivity index (χ0) is 24.8. The first-order valence-corrected chi connectivity index (χ1v) is 10.8. The zero-order valence-corrected chi connectivity index (χ0v) is 19.3. The van der Waals surface area contributed by atoms with Crippen molar-refractivity contribution in [3.63, 3.8) is 0 Å². The van der Waals surface area contributed by atoms with Gasteiger partial charge in [0.15, 0.2) is 0 Å². The van der Waals surface area contributed by atoms with Crippen molar-refractivity contribution in [2.45, 2.75) is 46.1 Å². The summed E-state index contributed by atoms with van der Waals surface area (Å²) in [6.45, 7) is 5.63. The molecule has 1 saturated heterocycles. The summed E-state index contributed by atoms with van der Waals surface area (Å²) in [7, 11) is 0. The number of ether oxygens (including phenoxy) is 1. The number of amides is 5. The number of hydrogen-bond donors (Lipinski definition) is 2.